The van der Waals surface area contributed by atoms with E-state index in [2.05, 4.69) is 21.7 Å². The van der Waals surface area contributed by atoms with Crippen molar-refractivity contribution in [1.82, 2.24) is 20.2 Å². The Morgan fingerprint density at radius 1 is 1.17 bits per heavy atom. The number of hydrogen-bond donors (Lipinski definition) is 3. The van der Waals surface area contributed by atoms with Crippen LogP contribution in [0.15, 0.2) is 30.5 Å². The van der Waals surface area contributed by atoms with Crippen molar-refractivity contribution in [2.24, 2.45) is 5.73 Å². The van der Waals surface area contributed by atoms with Gasteiger partial charge in [-0.2, -0.15) is 0 Å². The van der Waals surface area contributed by atoms with E-state index in [4.69, 9.17) is 29.7 Å². The van der Waals surface area contributed by atoms with E-state index in [1.54, 1.807) is 25.3 Å². The number of hydrogen-bond acceptors (Lipinski definition) is 10. The molecule has 2 amide bonds. The SMILES string of the molecule is CCOC(=O)C[C@@H](c1ccc(OCCCN)nc1)N(CC(OC)OC)C(=O)NCCCc1ccc2c(n1)NCCC2. The summed E-state index contributed by atoms with van der Waals surface area (Å²) in [5.74, 6) is 0.961. The van der Waals surface area contributed by atoms with Gasteiger partial charge in [0.25, 0.3) is 0 Å². The molecule has 1 atom stereocenters. The number of rotatable bonds is 17. The minimum Gasteiger partial charge on any atom is -0.478 e. The largest absolute Gasteiger partial charge is 0.478 e. The Hall–Kier alpha value is -3.48. The summed E-state index contributed by atoms with van der Waals surface area (Å²) < 4.78 is 21.6. The molecule has 1 aliphatic rings. The van der Waals surface area contributed by atoms with Crippen molar-refractivity contribution >= 4 is 17.8 Å². The Bertz CT molecular complexity index is 1080. The van der Waals surface area contributed by atoms with Gasteiger partial charge in [-0.25, -0.2) is 14.8 Å². The summed E-state index contributed by atoms with van der Waals surface area (Å²) in [5.41, 5.74) is 8.40. The van der Waals surface area contributed by atoms with E-state index in [9.17, 15) is 9.59 Å². The van der Waals surface area contributed by atoms with E-state index in [0.717, 1.165) is 37.3 Å². The first-order chi connectivity index (χ1) is 20.0. The Morgan fingerprint density at radius 3 is 2.71 bits per heavy atom. The van der Waals surface area contributed by atoms with E-state index >= 15 is 0 Å². The maximum Gasteiger partial charge on any atom is 0.318 e. The van der Waals surface area contributed by atoms with E-state index in [-0.39, 0.29) is 25.6 Å². The smallest absolute Gasteiger partial charge is 0.318 e. The molecule has 12 nitrogen and oxygen atoms in total. The van der Waals surface area contributed by atoms with Gasteiger partial charge in [0.15, 0.2) is 6.29 Å². The van der Waals surface area contributed by atoms with E-state index in [1.807, 2.05) is 6.07 Å². The van der Waals surface area contributed by atoms with Crippen molar-refractivity contribution in [3.05, 3.63) is 47.3 Å². The number of esters is 1. The molecular weight excluding hydrogens is 528 g/mol. The minimum atomic E-state index is -0.704. The predicted molar refractivity (Wildman–Crippen MR) is 155 cm³/mol. The fourth-order valence-electron chi connectivity index (χ4n) is 4.55. The van der Waals surface area contributed by atoms with Crippen LogP contribution < -0.4 is 21.1 Å². The number of amides is 2. The molecule has 3 heterocycles. The summed E-state index contributed by atoms with van der Waals surface area (Å²) in [6.07, 6.45) is 5.11. The quantitative estimate of drug-likeness (QED) is 0.147. The fourth-order valence-corrected chi connectivity index (χ4v) is 4.55. The molecule has 2 aromatic rings. The van der Waals surface area contributed by atoms with E-state index in [0.29, 0.717) is 44.0 Å². The molecule has 2 aromatic heterocycles. The summed E-state index contributed by atoms with van der Waals surface area (Å²) in [5, 5.41) is 6.35. The number of pyridine rings is 2. The molecule has 0 radical (unpaired) electrons. The zero-order valence-corrected chi connectivity index (χ0v) is 24.4. The molecule has 1 aliphatic heterocycles. The Balaban J connectivity index is 1.72. The van der Waals surface area contributed by atoms with Gasteiger partial charge >= 0.3 is 12.0 Å². The fraction of sp³-hybridized carbons (Fsp3) is 0.586. The van der Waals surface area contributed by atoms with Crippen LogP contribution in [0.3, 0.4) is 0 Å². The highest BCUT2D eigenvalue weighted by atomic mass is 16.7. The van der Waals surface area contributed by atoms with Crippen LogP contribution in [-0.2, 0) is 31.8 Å². The average Bonchev–Trinajstić information content (AvgIpc) is 2.99. The summed E-state index contributed by atoms with van der Waals surface area (Å²) in [6.45, 7) is 4.38. The molecule has 41 heavy (non-hydrogen) atoms. The topological polar surface area (TPSA) is 150 Å². The van der Waals surface area contributed by atoms with E-state index < -0.39 is 18.3 Å². The van der Waals surface area contributed by atoms with Crippen LogP contribution >= 0.6 is 0 Å². The predicted octanol–water partition coefficient (Wildman–Crippen LogP) is 2.82. The van der Waals surface area contributed by atoms with Gasteiger partial charge in [0.1, 0.15) is 5.82 Å². The normalized spacial score (nSPS) is 13.2. The average molecular weight is 573 g/mol. The highest BCUT2D eigenvalue weighted by molar-refractivity contribution is 5.77. The van der Waals surface area contributed by atoms with Crippen molar-refractivity contribution in [1.29, 1.82) is 0 Å². The van der Waals surface area contributed by atoms with Crippen LogP contribution in [-0.4, -0.2) is 86.8 Å². The lowest BCUT2D eigenvalue weighted by Gasteiger charge is -2.33. The molecular formula is C29H44N6O6. The standard InChI is InChI=1S/C29H44N6O6/c1-4-40-26(36)18-24(22-11-13-25(33-19-22)41-17-7-14-30)35(20-27(38-2)39-3)29(37)32-16-6-9-23-12-10-21-8-5-15-31-28(21)34-23/h10-13,19,24,27H,4-9,14-18,20,30H2,1-3H3,(H,31,34)(H,32,37)/t24-/m0/s1. The number of ether oxygens (including phenoxy) is 4. The van der Waals surface area contributed by atoms with Crippen molar-refractivity contribution in [3.63, 3.8) is 0 Å². The highest BCUT2D eigenvalue weighted by Gasteiger charge is 2.31. The Labute approximate surface area is 242 Å². The van der Waals surface area contributed by atoms with Gasteiger partial charge in [0.05, 0.1) is 32.2 Å². The molecule has 0 aliphatic carbocycles. The monoisotopic (exact) mass is 572 g/mol. The van der Waals surface area contributed by atoms with Crippen molar-refractivity contribution in [2.75, 3.05) is 58.9 Å². The zero-order valence-electron chi connectivity index (χ0n) is 24.4. The van der Waals surface area contributed by atoms with Crippen LogP contribution in [0.1, 0.15) is 55.5 Å². The number of carbonyl (C=O) groups is 2. The van der Waals surface area contributed by atoms with Gasteiger partial charge in [-0.1, -0.05) is 12.1 Å². The van der Waals surface area contributed by atoms with E-state index in [1.165, 1.54) is 24.7 Å². The van der Waals surface area contributed by atoms with Gasteiger partial charge in [-0.3, -0.25) is 4.79 Å². The lowest BCUT2D eigenvalue weighted by atomic mass is 10.0. The second-order valence-electron chi connectivity index (χ2n) is 9.67. The summed E-state index contributed by atoms with van der Waals surface area (Å²) in [7, 11) is 3.00. The first-order valence-electron chi connectivity index (χ1n) is 14.3. The lowest BCUT2D eigenvalue weighted by Crippen LogP contribution is -2.47. The molecule has 0 saturated carbocycles. The van der Waals surface area contributed by atoms with Crippen LogP contribution in [0.4, 0.5) is 10.6 Å². The summed E-state index contributed by atoms with van der Waals surface area (Å²) in [4.78, 5) is 36.8. The van der Waals surface area contributed by atoms with Crippen molar-refractivity contribution in [3.8, 4) is 5.88 Å². The molecule has 0 fully saturated rings. The number of urea groups is 1. The molecule has 226 valence electrons. The maximum absolute atomic E-state index is 13.6. The third kappa shape index (κ3) is 10.1. The summed E-state index contributed by atoms with van der Waals surface area (Å²) >= 11 is 0. The number of aromatic nitrogens is 2. The molecule has 0 bridgehead atoms. The number of carbonyl (C=O) groups excluding carboxylic acids is 2. The van der Waals surface area contributed by atoms with Gasteiger partial charge < -0.3 is 40.2 Å². The third-order valence-electron chi connectivity index (χ3n) is 6.75. The summed E-state index contributed by atoms with van der Waals surface area (Å²) in [6, 6.07) is 6.64. The number of methoxy groups -OCH3 is 2. The van der Waals surface area contributed by atoms with Crippen LogP contribution in [0, 0.1) is 0 Å². The van der Waals surface area contributed by atoms with Crippen molar-refractivity contribution < 1.29 is 28.5 Å². The molecule has 3 rings (SSSR count). The van der Waals surface area contributed by atoms with Gasteiger partial charge in [-0.15, -0.1) is 0 Å². The van der Waals surface area contributed by atoms with Gasteiger partial charge in [0.2, 0.25) is 5.88 Å². The van der Waals surface area contributed by atoms with Gasteiger partial charge in [0, 0.05) is 45.3 Å². The molecule has 0 saturated heterocycles. The highest BCUT2D eigenvalue weighted by Crippen LogP contribution is 2.27. The minimum absolute atomic E-state index is 0.0670. The first kappa shape index (κ1) is 32.0. The molecule has 0 aromatic carbocycles. The number of nitrogens with one attached hydrogen (secondary N) is 2. The van der Waals surface area contributed by atoms with Crippen molar-refractivity contribution in [2.45, 2.75) is 57.8 Å². The Morgan fingerprint density at radius 2 is 2.00 bits per heavy atom. The van der Waals surface area contributed by atoms with Crippen LogP contribution in [0.2, 0.25) is 0 Å². The van der Waals surface area contributed by atoms with Gasteiger partial charge in [-0.05, 0) is 62.8 Å². The molecule has 4 N–H and O–H groups in total. The molecule has 0 spiro atoms. The van der Waals surface area contributed by atoms with Crippen LogP contribution in [0.25, 0.3) is 0 Å². The molecule has 12 heteroatoms. The molecule has 0 unspecified atom stereocenters. The van der Waals surface area contributed by atoms with Crippen LogP contribution in [0.5, 0.6) is 5.88 Å². The zero-order chi connectivity index (χ0) is 29.5. The second kappa shape index (κ2) is 17.4. The number of anilines is 1. The number of nitrogens with two attached hydrogens (primary N) is 1. The third-order valence-corrected chi connectivity index (χ3v) is 6.75. The Kier molecular flexibility index (Phi) is 13.6. The number of nitrogens with zero attached hydrogens (tertiary/aromatic N) is 3. The first-order valence-corrected chi connectivity index (χ1v) is 14.3. The lowest BCUT2D eigenvalue weighted by molar-refractivity contribution is -0.145. The second-order valence-corrected chi connectivity index (χ2v) is 9.67. The number of aryl methyl sites for hydroxylation is 2. The number of fused-ring (bicyclic) bond motifs is 1. The maximum atomic E-state index is 13.6.